The highest BCUT2D eigenvalue weighted by atomic mass is 32.1. The number of nitrogens with two attached hydrogens (primary N) is 1. The Morgan fingerprint density at radius 2 is 1.78 bits per heavy atom. The van der Waals surface area contributed by atoms with Crippen molar-refractivity contribution in [1.82, 2.24) is 9.88 Å². The number of carbonyl (C=O) groups excluding carboxylic acids is 3. The van der Waals surface area contributed by atoms with Gasteiger partial charge in [-0.15, -0.1) is 11.3 Å². The van der Waals surface area contributed by atoms with Gasteiger partial charge < -0.3 is 20.7 Å². The number of benzene rings is 2. The Kier molecular flexibility index (Phi) is 6.82. The molecule has 0 radical (unpaired) electrons. The Hall–Kier alpha value is -4.31. The number of carbonyl (C=O) groups is 3. The normalized spacial score (nSPS) is 13.9. The second-order valence-electron chi connectivity index (χ2n) is 8.62. The van der Waals surface area contributed by atoms with Gasteiger partial charge in [0.1, 0.15) is 11.7 Å². The highest BCUT2D eigenvalue weighted by Gasteiger charge is 2.28. The highest BCUT2D eigenvalue weighted by Crippen LogP contribution is 2.37. The Bertz CT molecular complexity index is 1480. The fourth-order valence-corrected chi connectivity index (χ4v) is 5.29. The lowest BCUT2D eigenvalue weighted by atomic mass is 9.97. The number of fused-ring (bicyclic) bond motifs is 1. The molecule has 5 rings (SSSR count). The van der Waals surface area contributed by atoms with E-state index in [0.717, 1.165) is 32.0 Å². The van der Waals surface area contributed by atoms with Gasteiger partial charge in [0, 0.05) is 31.0 Å². The summed E-state index contributed by atoms with van der Waals surface area (Å²) >= 11 is 1.25. The number of nitrogens with one attached hydrogen (secondary N) is 1. The molecule has 1 aliphatic rings. The molecule has 1 atom stereocenters. The molecule has 8 nitrogen and oxygen atoms in total. The Balaban J connectivity index is 1.38. The van der Waals surface area contributed by atoms with Crippen LogP contribution in [0.25, 0.3) is 10.2 Å². The van der Waals surface area contributed by atoms with E-state index in [1.807, 2.05) is 4.90 Å². The van der Waals surface area contributed by atoms with Crippen LogP contribution in [0.5, 0.6) is 11.5 Å². The molecule has 3 N–H and O–H groups in total. The summed E-state index contributed by atoms with van der Waals surface area (Å²) < 4.78 is 21.6. The number of likely N-dealkylation sites (tertiary alicyclic amines) is 1. The Labute approximate surface area is 215 Å². The molecular weight excluding hydrogens is 495 g/mol. The summed E-state index contributed by atoms with van der Waals surface area (Å²) in [6.45, 7) is 1.47. The van der Waals surface area contributed by atoms with Gasteiger partial charge in [-0.25, -0.2) is 4.39 Å². The van der Waals surface area contributed by atoms with E-state index in [-0.39, 0.29) is 17.2 Å². The van der Waals surface area contributed by atoms with Gasteiger partial charge in [-0.05, 0) is 48.7 Å². The molecule has 3 heterocycles. The smallest absolute Gasteiger partial charge is 0.264 e. The number of hydrogen-bond donors (Lipinski definition) is 2. The highest BCUT2D eigenvalue weighted by molar-refractivity contribution is 7.21. The van der Waals surface area contributed by atoms with Crippen LogP contribution >= 0.6 is 11.3 Å². The van der Waals surface area contributed by atoms with Gasteiger partial charge in [0.2, 0.25) is 11.8 Å². The van der Waals surface area contributed by atoms with Crippen LogP contribution in [0.1, 0.15) is 34.0 Å². The van der Waals surface area contributed by atoms with Crippen LogP contribution in [0.15, 0.2) is 66.9 Å². The summed E-state index contributed by atoms with van der Waals surface area (Å²) in [5.74, 6) is -3.56. The van der Waals surface area contributed by atoms with Crippen LogP contribution in [0.3, 0.4) is 0 Å². The minimum absolute atomic E-state index is 0.0479. The van der Waals surface area contributed by atoms with Crippen LogP contribution < -0.4 is 15.8 Å². The summed E-state index contributed by atoms with van der Waals surface area (Å²) in [5.41, 5.74) is 6.64. The van der Waals surface area contributed by atoms with Crippen molar-refractivity contribution in [3.63, 3.8) is 0 Å². The molecule has 0 aliphatic carbocycles. The number of pyridine rings is 1. The zero-order valence-electron chi connectivity index (χ0n) is 19.6. The van der Waals surface area contributed by atoms with Crippen LogP contribution in [-0.2, 0) is 9.59 Å². The number of aromatic nitrogens is 1. The van der Waals surface area contributed by atoms with Gasteiger partial charge in [0.25, 0.3) is 5.91 Å². The van der Waals surface area contributed by atoms with Crippen molar-refractivity contribution < 1.29 is 23.5 Å². The number of anilines is 1. The fourth-order valence-electron chi connectivity index (χ4n) is 4.26. The monoisotopic (exact) mass is 518 g/mol. The first-order valence-corrected chi connectivity index (χ1v) is 12.5. The molecule has 37 heavy (non-hydrogen) atoms. The van der Waals surface area contributed by atoms with Crippen molar-refractivity contribution >= 4 is 45.0 Å². The van der Waals surface area contributed by atoms with E-state index in [1.165, 1.54) is 29.7 Å². The largest absolute Gasteiger partial charge is 0.453 e. The third-order valence-corrected chi connectivity index (χ3v) is 7.20. The van der Waals surface area contributed by atoms with Crippen LogP contribution in [-0.4, -0.2) is 40.7 Å². The van der Waals surface area contributed by atoms with Crippen molar-refractivity contribution in [2.24, 2.45) is 5.73 Å². The maximum absolute atomic E-state index is 15.1. The molecule has 1 unspecified atom stereocenters. The quantitative estimate of drug-likeness (QED) is 0.345. The summed E-state index contributed by atoms with van der Waals surface area (Å²) in [5, 5.41) is 2.62. The van der Waals surface area contributed by atoms with E-state index >= 15 is 4.39 Å². The average molecular weight is 519 g/mol. The first-order chi connectivity index (χ1) is 17.9. The van der Waals surface area contributed by atoms with Gasteiger partial charge in [-0.2, -0.15) is 0 Å². The van der Waals surface area contributed by atoms with Crippen LogP contribution in [0.2, 0.25) is 0 Å². The first kappa shape index (κ1) is 24.4. The molecule has 2 aromatic carbocycles. The molecule has 2 aromatic heterocycles. The van der Waals surface area contributed by atoms with E-state index in [4.69, 9.17) is 10.5 Å². The molecule has 3 amide bonds. The number of halogens is 1. The first-order valence-electron chi connectivity index (χ1n) is 11.7. The number of para-hydroxylation sites is 1. The summed E-state index contributed by atoms with van der Waals surface area (Å²) in [6, 6.07) is 15.7. The maximum Gasteiger partial charge on any atom is 0.264 e. The SMILES string of the molecule is NC(=O)C(C(=O)Nc1ccccc1)c1ccc(Oc2ccnc3cc(C(=O)N4CCCC4)sc23)c(F)c1. The number of rotatable bonds is 7. The molecular formula is C27H23FN4O4S. The molecule has 1 aliphatic heterocycles. The molecule has 0 bridgehead atoms. The lowest BCUT2D eigenvalue weighted by Crippen LogP contribution is -2.32. The zero-order valence-corrected chi connectivity index (χ0v) is 20.5. The van der Waals surface area contributed by atoms with Gasteiger partial charge in [-0.3, -0.25) is 19.4 Å². The van der Waals surface area contributed by atoms with Crippen LogP contribution in [0, 0.1) is 5.82 Å². The van der Waals surface area contributed by atoms with Gasteiger partial charge in [0.15, 0.2) is 11.6 Å². The van der Waals surface area contributed by atoms with E-state index in [2.05, 4.69) is 10.3 Å². The molecule has 1 fully saturated rings. The van der Waals surface area contributed by atoms with E-state index in [1.54, 1.807) is 42.5 Å². The van der Waals surface area contributed by atoms with Gasteiger partial charge in [0.05, 0.1) is 15.1 Å². The van der Waals surface area contributed by atoms with Crippen LogP contribution in [0.4, 0.5) is 10.1 Å². The number of thiophene rings is 1. The molecule has 0 saturated carbocycles. The number of nitrogens with zero attached hydrogens (tertiary/aromatic N) is 2. The van der Waals surface area contributed by atoms with Gasteiger partial charge >= 0.3 is 0 Å². The zero-order chi connectivity index (χ0) is 25.9. The third-order valence-electron chi connectivity index (χ3n) is 6.08. The standard InChI is InChI=1S/C27H23FN4O4S/c28-18-14-16(23(25(29)33)26(34)31-17-6-2-1-3-7-17)8-9-20(18)36-21-10-11-30-19-15-22(37-24(19)21)27(35)32-12-4-5-13-32/h1-3,6-11,14-15,23H,4-5,12-13H2,(H2,29,33)(H,31,34). The number of amides is 3. The Morgan fingerprint density at radius 1 is 1.03 bits per heavy atom. The van der Waals surface area contributed by atoms with Crippen molar-refractivity contribution in [1.29, 1.82) is 0 Å². The summed E-state index contributed by atoms with van der Waals surface area (Å²) in [4.78, 5) is 44.3. The molecule has 188 valence electrons. The average Bonchev–Trinajstić information content (AvgIpc) is 3.57. The second-order valence-corrected chi connectivity index (χ2v) is 9.67. The Morgan fingerprint density at radius 3 is 2.49 bits per heavy atom. The third kappa shape index (κ3) is 5.14. The van der Waals surface area contributed by atoms with E-state index in [9.17, 15) is 14.4 Å². The van der Waals surface area contributed by atoms with Crippen molar-refractivity contribution in [2.75, 3.05) is 18.4 Å². The summed E-state index contributed by atoms with van der Waals surface area (Å²) in [6.07, 6.45) is 3.50. The molecule has 10 heteroatoms. The topological polar surface area (TPSA) is 115 Å². The predicted octanol–water partition coefficient (Wildman–Crippen LogP) is 4.67. The maximum atomic E-state index is 15.1. The predicted molar refractivity (Wildman–Crippen MR) is 138 cm³/mol. The van der Waals surface area contributed by atoms with E-state index < -0.39 is 23.5 Å². The van der Waals surface area contributed by atoms with Crippen molar-refractivity contribution in [2.45, 2.75) is 18.8 Å². The van der Waals surface area contributed by atoms with Crippen molar-refractivity contribution in [3.8, 4) is 11.5 Å². The molecule has 0 spiro atoms. The minimum Gasteiger partial charge on any atom is -0.453 e. The molecule has 4 aromatic rings. The van der Waals surface area contributed by atoms with E-state index in [0.29, 0.717) is 26.5 Å². The van der Waals surface area contributed by atoms with Crippen molar-refractivity contribution in [3.05, 3.63) is 83.1 Å². The number of hydrogen-bond acceptors (Lipinski definition) is 6. The number of ether oxygens (including phenoxy) is 1. The minimum atomic E-state index is -1.40. The number of primary amides is 1. The lowest BCUT2D eigenvalue weighted by molar-refractivity contribution is -0.127. The lowest BCUT2D eigenvalue weighted by Gasteiger charge is -2.15. The second kappa shape index (κ2) is 10.4. The summed E-state index contributed by atoms with van der Waals surface area (Å²) in [7, 11) is 0. The molecule has 1 saturated heterocycles. The fraction of sp³-hybridized carbons (Fsp3) is 0.185. The van der Waals surface area contributed by atoms with Gasteiger partial charge in [-0.1, -0.05) is 24.3 Å².